The smallest absolute Gasteiger partial charge is 0.260 e. The second-order valence-corrected chi connectivity index (χ2v) is 16.2. The maximum absolute atomic E-state index is 15.4. The van der Waals surface area contributed by atoms with Crippen LogP contribution in [0.15, 0.2) is 144 Å². The molecule has 2 aliphatic heterocycles. The number of para-hydroxylation sites is 3. The minimum absolute atomic E-state index is 0.0505. The standard InChI is InChI=1S/C48H36ClFN4O6/c1-2-6-26-7-5-8-35(42(26)55)41-33-23-24-34-40(46(58)53(44(34)56)32-21-11-27(12-22-32)43-51-38-9-3-4-10-39(38)60-43)36(33)25-37-45(57)54(52-31-19-17-30(50)18-20-31)47(59)48(37,41)28-13-15-29(49)16-14-28/h2-5,7-23,34,36-37,40-41,52,55H,1,6,24-25H2/t34-,36+,37-,40-,41+,48+/m0/s1. The average molecular weight is 819 g/mol. The van der Waals surface area contributed by atoms with E-state index in [1.165, 1.54) is 29.2 Å². The lowest BCUT2D eigenvalue weighted by atomic mass is 9.49. The molecule has 4 amide bonds. The van der Waals surface area contributed by atoms with E-state index in [1.807, 2.05) is 30.3 Å². The fourth-order valence-electron chi connectivity index (χ4n) is 10.2. The third kappa shape index (κ3) is 5.56. The molecule has 298 valence electrons. The van der Waals surface area contributed by atoms with Crippen LogP contribution >= 0.6 is 11.6 Å². The molecule has 3 fully saturated rings. The highest BCUT2D eigenvalue weighted by molar-refractivity contribution is 6.30. The maximum atomic E-state index is 15.4. The fourth-order valence-corrected chi connectivity index (χ4v) is 10.3. The summed E-state index contributed by atoms with van der Waals surface area (Å²) in [5.74, 6) is -6.33. The van der Waals surface area contributed by atoms with Crippen LogP contribution < -0.4 is 10.3 Å². The minimum atomic E-state index is -1.64. The van der Waals surface area contributed by atoms with Crippen LogP contribution in [0.2, 0.25) is 5.02 Å². The number of hydrazine groups is 1. The molecule has 2 saturated heterocycles. The van der Waals surface area contributed by atoms with E-state index < -0.39 is 58.5 Å². The van der Waals surface area contributed by atoms with Crippen LogP contribution in [0.5, 0.6) is 5.75 Å². The minimum Gasteiger partial charge on any atom is -0.507 e. The fraction of sp³-hybridized carbons (Fsp3) is 0.188. The number of hydrogen-bond acceptors (Lipinski definition) is 8. The first-order valence-electron chi connectivity index (χ1n) is 19.7. The Balaban J connectivity index is 1.10. The van der Waals surface area contributed by atoms with Gasteiger partial charge in [0, 0.05) is 22.1 Å². The number of amides is 4. The molecule has 0 unspecified atom stereocenters. The zero-order valence-electron chi connectivity index (χ0n) is 31.9. The topological polar surface area (TPSA) is 133 Å². The molecule has 2 aliphatic carbocycles. The number of rotatable bonds is 8. The number of phenols is 1. The zero-order chi connectivity index (χ0) is 41.4. The van der Waals surface area contributed by atoms with Gasteiger partial charge in [-0.1, -0.05) is 71.8 Å². The highest BCUT2D eigenvalue weighted by atomic mass is 35.5. The van der Waals surface area contributed by atoms with Crippen molar-refractivity contribution in [3.05, 3.63) is 167 Å². The summed E-state index contributed by atoms with van der Waals surface area (Å²) in [4.78, 5) is 65.4. The SMILES string of the molecule is C=CCc1cccc([C@H]2C3=CC[C@@H]4C(=O)N(c5ccc(-c6nc7ccccc7o6)cc5)C(=O)[C@@H]4[C@@H]3C[C@H]3C(=O)N(Nc4ccc(F)cc4)C(=O)[C@@]23c2ccc(Cl)cc2)c1O. The van der Waals surface area contributed by atoms with Crippen molar-refractivity contribution in [1.82, 2.24) is 9.99 Å². The third-order valence-corrected chi connectivity index (χ3v) is 13.0. The van der Waals surface area contributed by atoms with Crippen molar-refractivity contribution in [2.24, 2.45) is 23.7 Å². The Morgan fingerprint density at radius 3 is 2.37 bits per heavy atom. The van der Waals surface area contributed by atoms with Crippen LogP contribution in [0.4, 0.5) is 15.8 Å². The number of nitrogens with one attached hydrogen (secondary N) is 1. The van der Waals surface area contributed by atoms with Crippen molar-refractivity contribution < 1.29 is 33.1 Å². The lowest BCUT2D eigenvalue weighted by molar-refractivity contribution is -0.138. The van der Waals surface area contributed by atoms with Gasteiger partial charge in [0.25, 0.3) is 11.8 Å². The number of anilines is 2. The summed E-state index contributed by atoms with van der Waals surface area (Å²) < 4.78 is 19.9. The second kappa shape index (κ2) is 14.2. The molecule has 1 aromatic heterocycles. The van der Waals surface area contributed by atoms with Crippen molar-refractivity contribution in [3.8, 4) is 17.2 Å². The molecule has 10 rings (SSSR count). The summed E-state index contributed by atoms with van der Waals surface area (Å²) in [5.41, 5.74) is 6.17. The van der Waals surface area contributed by atoms with E-state index in [0.717, 1.165) is 5.01 Å². The molecule has 0 radical (unpaired) electrons. The Kier molecular flexibility index (Phi) is 8.83. The molecule has 60 heavy (non-hydrogen) atoms. The van der Waals surface area contributed by atoms with Crippen LogP contribution in [0, 0.1) is 29.5 Å². The van der Waals surface area contributed by atoms with E-state index in [1.54, 1.807) is 72.8 Å². The number of phenolic OH excluding ortho intramolecular Hbond substituents is 1. The Labute approximate surface area is 348 Å². The number of allylic oxidation sites excluding steroid dienone is 3. The Morgan fingerprint density at radius 2 is 1.63 bits per heavy atom. The maximum Gasteiger partial charge on any atom is 0.260 e. The van der Waals surface area contributed by atoms with E-state index in [9.17, 15) is 23.9 Å². The van der Waals surface area contributed by atoms with Crippen molar-refractivity contribution in [2.75, 3.05) is 10.3 Å². The molecule has 2 N–H and O–H groups in total. The molecule has 0 spiro atoms. The first-order chi connectivity index (χ1) is 29.1. The van der Waals surface area contributed by atoms with Gasteiger partial charge < -0.3 is 9.52 Å². The van der Waals surface area contributed by atoms with E-state index >= 15 is 4.79 Å². The third-order valence-electron chi connectivity index (χ3n) is 12.7. The van der Waals surface area contributed by atoms with Gasteiger partial charge >= 0.3 is 0 Å². The van der Waals surface area contributed by atoms with Crippen molar-refractivity contribution >= 4 is 57.7 Å². The predicted octanol–water partition coefficient (Wildman–Crippen LogP) is 8.91. The summed E-state index contributed by atoms with van der Waals surface area (Å²) in [6.07, 6.45) is 4.18. The van der Waals surface area contributed by atoms with Gasteiger partial charge in [-0.05, 0) is 109 Å². The Morgan fingerprint density at radius 1 is 0.883 bits per heavy atom. The summed E-state index contributed by atoms with van der Waals surface area (Å²) in [6.45, 7) is 3.86. The lowest BCUT2D eigenvalue weighted by Gasteiger charge is -2.50. The van der Waals surface area contributed by atoms with Gasteiger partial charge in [0.1, 0.15) is 17.1 Å². The highest BCUT2D eigenvalue weighted by Gasteiger charge is 2.70. The quantitative estimate of drug-likeness (QED) is 0.115. The summed E-state index contributed by atoms with van der Waals surface area (Å²) in [6, 6.07) is 31.7. The van der Waals surface area contributed by atoms with E-state index in [2.05, 4.69) is 17.0 Å². The van der Waals surface area contributed by atoms with Crippen LogP contribution in [-0.4, -0.2) is 38.7 Å². The first kappa shape index (κ1) is 37.4. The number of hydrogen-bond donors (Lipinski definition) is 2. The number of aromatic hydroxyl groups is 1. The lowest BCUT2D eigenvalue weighted by Crippen LogP contribution is -2.53. The molecule has 5 aromatic carbocycles. The normalized spacial score (nSPS) is 24.6. The van der Waals surface area contributed by atoms with Gasteiger partial charge in [0.15, 0.2) is 5.58 Å². The van der Waals surface area contributed by atoms with Crippen LogP contribution in [0.25, 0.3) is 22.6 Å². The van der Waals surface area contributed by atoms with Gasteiger partial charge in [-0.2, -0.15) is 5.01 Å². The molecular formula is C48H36ClFN4O6. The van der Waals surface area contributed by atoms with Crippen LogP contribution in [-0.2, 0) is 31.0 Å². The number of nitrogens with zero attached hydrogens (tertiary/aromatic N) is 3. The molecule has 1 saturated carbocycles. The van der Waals surface area contributed by atoms with Gasteiger partial charge in [-0.25, -0.2) is 9.37 Å². The zero-order valence-corrected chi connectivity index (χ0v) is 32.7. The summed E-state index contributed by atoms with van der Waals surface area (Å²) in [5, 5.41) is 13.5. The molecule has 0 bridgehead atoms. The number of benzene rings is 5. The van der Waals surface area contributed by atoms with Crippen LogP contribution in [0.3, 0.4) is 0 Å². The molecule has 3 heterocycles. The van der Waals surface area contributed by atoms with Crippen molar-refractivity contribution in [2.45, 2.75) is 30.6 Å². The molecular weight excluding hydrogens is 783 g/mol. The first-order valence-corrected chi connectivity index (χ1v) is 20.1. The molecule has 4 aliphatic rings. The molecule has 6 atom stereocenters. The van der Waals surface area contributed by atoms with Crippen molar-refractivity contribution in [1.29, 1.82) is 0 Å². The average Bonchev–Trinajstić information content (AvgIpc) is 3.87. The van der Waals surface area contributed by atoms with Crippen LogP contribution in [0.1, 0.15) is 35.4 Å². The number of carbonyl (C=O) groups is 4. The highest BCUT2D eigenvalue weighted by Crippen LogP contribution is 2.65. The number of oxazole rings is 1. The number of fused-ring (bicyclic) bond motifs is 5. The Hall–Kier alpha value is -6.85. The van der Waals surface area contributed by atoms with Gasteiger partial charge in [-0.15, -0.1) is 6.58 Å². The number of carbonyl (C=O) groups excluding carboxylic acids is 4. The predicted molar refractivity (Wildman–Crippen MR) is 223 cm³/mol. The number of halogens is 2. The van der Waals surface area contributed by atoms with E-state index in [0.29, 0.717) is 67.6 Å². The number of imide groups is 2. The van der Waals surface area contributed by atoms with Gasteiger partial charge in [0.2, 0.25) is 17.7 Å². The van der Waals surface area contributed by atoms with Crippen molar-refractivity contribution in [3.63, 3.8) is 0 Å². The monoisotopic (exact) mass is 818 g/mol. The molecule has 6 aromatic rings. The summed E-state index contributed by atoms with van der Waals surface area (Å²) in [7, 11) is 0. The second-order valence-electron chi connectivity index (χ2n) is 15.8. The molecule has 10 nitrogen and oxygen atoms in total. The largest absolute Gasteiger partial charge is 0.507 e. The summed E-state index contributed by atoms with van der Waals surface area (Å²) >= 11 is 6.41. The van der Waals surface area contributed by atoms with E-state index in [-0.39, 0.29) is 24.5 Å². The number of aromatic nitrogens is 1. The van der Waals surface area contributed by atoms with E-state index in [4.69, 9.17) is 16.0 Å². The Bertz CT molecular complexity index is 2770. The van der Waals surface area contributed by atoms with Gasteiger partial charge in [-0.3, -0.25) is 29.5 Å². The van der Waals surface area contributed by atoms with Gasteiger partial charge in [0.05, 0.1) is 34.5 Å². The molecule has 12 heteroatoms.